The minimum Gasteiger partial charge on any atom is -0.264 e. The maximum Gasteiger partial charge on any atom is 0.0311 e. The van der Waals surface area contributed by atoms with E-state index in [-0.39, 0.29) is 0 Å². The first kappa shape index (κ1) is 8.24. The summed E-state index contributed by atoms with van der Waals surface area (Å²) in [6, 6.07) is 2.02. The second-order valence-corrected chi connectivity index (χ2v) is 4.30. The van der Waals surface area contributed by atoms with Gasteiger partial charge < -0.3 is 0 Å². The van der Waals surface area contributed by atoms with E-state index < -0.39 is 0 Å². The van der Waals surface area contributed by atoms with Crippen molar-refractivity contribution >= 4 is 15.9 Å². The summed E-state index contributed by atoms with van der Waals surface area (Å²) in [6.07, 6.45) is 9.19. The Morgan fingerprint density at radius 1 is 1.50 bits per heavy atom. The van der Waals surface area contributed by atoms with Crippen molar-refractivity contribution in [1.29, 1.82) is 0 Å². The van der Waals surface area contributed by atoms with Crippen molar-refractivity contribution in [3.8, 4) is 0 Å². The molecule has 1 aromatic rings. The van der Waals surface area contributed by atoms with Crippen molar-refractivity contribution in [2.45, 2.75) is 25.7 Å². The lowest BCUT2D eigenvalue weighted by Gasteiger charge is -2.01. The number of aromatic nitrogens is 1. The van der Waals surface area contributed by atoms with Gasteiger partial charge in [0.2, 0.25) is 0 Å². The summed E-state index contributed by atoms with van der Waals surface area (Å²) in [4.78, 5) is 4.11. The predicted molar refractivity (Wildman–Crippen MR) is 53.0 cm³/mol. The summed E-state index contributed by atoms with van der Waals surface area (Å²) in [5.74, 6) is 1.01. The normalized spacial score (nSPS) is 16.4. The van der Waals surface area contributed by atoms with Gasteiger partial charge in [0.15, 0.2) is 0 Å². The van der Waals surface area contributed by atoms with Crippen molar-refractivity contribution < 1.29 is 0 Å². The Morgan fingerprint density at radius 3 is 3.00 bits per heavy atom. The van der Waals surface area contributed by atoms with E-state index in [2.05, 4.69) is 20.9 Å². The number of hydrogen-bond donors (Lipinski definition) is 0. The molecule has 2 heteroatoms. The van der Waals surface area contributed by atoms with E-state index in [9.17, 15) is 0 Å². The molecule has 2 rings (SSSR count). The van der Waals surface area contributed by atoms with E-state index >= 15 is 0 Å². The van der Waals surface area contributed by atoms with Crippen LogP contribution in [0.25, 0.3) is 0 Å². The fourth-order valence-corrected chi connectivity index (χ4v) is 1.78. The Balaban J connectivity index is 1.96. The summed E-state index contributed by atoms with van der Waals surface area (Å²) in [5, 5.41) is 0. The third kappa shape index (κ3) is 2.07. The molecule has 0 aromatic carbocycles. The van der Waals surface area contributed by atoms with Crippen LogP contribution in [0.5, 0.6) is 0 Å². The molecule has 0 spiro atoms. The first-order valence-corrected chi connectivity index (χ1v) is 5.24. The average molecular weight is 226 g/mol. The van der Waals surface area contributed by atoms with Gasteiger partial charge in [0.25, 0.3) is 0 Å². The van der Waals surface area contributed by atoms with Gasteiger partial charge in [-0.05, 0) is 30.4 Å². The van der Waals surface area contributed by atoms with Crippen LogP contribution < -0.4 is 0 Å². The van der Waals surface area contributed by atoms with Crippen LogP contribution in [0.1, 0.15) is 24.8 Å². The zero-order valence-electron chi connectivity index (χ0n) is 6.96. The molecule has 1 aliphatic rings. The third-order valence-electron chi connectivity index (χ3n) is 2.36. The zero-order chi connectivity index (χ0) is 8.39. The summed E-state index contributed by atoms with van der Waals surface area (Å²) in [5.41, 5.74) is 1.35. The number of nitrogens with zero attached hydrogens (tertiary/aromatic N) is 1. The van der Waals surface area contributed by atoms with Crippen LogP contribution in [0.3, 0.4) is 0 Å². The largest absolute Gasteiger partial charge is 0.264 e. The Labute approximate surface area is 81.3 Å². The lowest BCUT2D eigenvalue weighted by Crippen LogP contribution is -1.89. The molecule has 0 saturated heterocycles. The second kappa shape index (κ2) is 3.56. The Morgan fingerprint density at radius 2 is 2.33 bits per heavy atom. The van der Waals surface area contributed by atoms with Crippen LogP contribution in [0.15, 0.2) is 22.9 Å². The van der Waals surface area contributed by atoms with Crippen LogP contribution in [0, 0.1) is 5.92 Å². The molecule has 1 aliphatic carbocycles. The average Bonchev–Trinajstić information content (AvgIpc) is 2.86. The van der Waals surface area contributed by atoms with Gasteiger partial charge in [-0.15, -0.1) is 0 Å². The van der Waals surface area contributed by atoms with Crippen molar-refractivity contribution in [3.63, 3.8) is 0 Å². The van der Waals surface area contributed by atoms with E-state index in [4.69, 9.17) is 0 Å². The highest BCUT2D eigenvalue weighted by Gasteiger charge is 2.20. The Hall–Kier alpha value is -0.370. The van der Waals surface area contributed by atoms with Gasteiger partial charge in [-0.3, -0.25) is 4.98 Å². The molecule has 1 heterocycles. The Kier molecular flexibility index (Phi) is 2.45. The number of halogens is 1. The van der Waals surface area contributed by atoms with Gasteiger partial charge in [-0.25, -0.2) is 0 Å². The highest BCUT2D eigenvalue weighted by Crippen LogP contribution is 2.34. The van der Waals surface area contributed by atoms with Crippen molar-refractivity contribution in [3.05, 3.63) is 28.5 Å². The molecule has 0 bridgehead atoms. The van der Waals surface area contributed by atoms with E-state index in [1.807, 2.05) is 18.5 Å². The van der Waals surface area contributed by atoms with Crippen LogP contribution in [-0.2, 0) is 6.42 Å². The van der Waals surface area contributed by atoms with Gasteiger partial charge in [0, 0.05) is 16.9 Å². The van der Waals surface area contributed by atoms with Gasteiger partial charge in [-0.1, -0.05) is 28.8 Å². The molecule has 0 N–H and O–H groups in total. The fraction of sp³-hybridized carbons (Fsp3) is 0.500. The lowest BCUT2D eigenvalue weighted by molar-refractivity contribution is 0.723. The zero-order valence-corrected chi connectivity index (χ0v) is 8.55. The molecule has 1 nitrogen and oxygen atoms in total. The van der Waals surface area contributed by atoms with E-state index in [0.29, 0.717) is 0 Å². The van der Waals surface area contributed by atoms with Crippen LogP contribution >= 0.6 is 15.9 Å². The van der Waals surface area contributed by atoms with Crippen LogP contribution in [0.4, 0.5) is 0 Å². The summed E-state index contributed by atoms with van der Waals surface area (Å²) in [6.45, 7) is 0. The Bertz CT molecular complexity index is 268. The highest BCUT2D eigenvalue weighted by atomic mass is 79.9. The van der Waals surface area contributed by atoms with Gasteiger partial charge >= 0.3 is 0 Å². The molecule has 1 aromatic heterocycles. The first-order valence-electron chi connectivity index (χ1n) is 4.44. The third-order valence-corrected chi connectivity index (χ3v) is 3.14. The highest BCUT2D eigenvalue weighted by molar-refractivity contribution is 9.10. The van der Waals surface area contributed by atoms with Gasteiger partial charge in [-0.2, -0.15) is 0 Å². The first-order chi connectivity index (χ1) is 5.86. The van der Waals surface area contributed by atoms with E-state index in [1.165, 1.54) is 35.7 Å². The maximum absolute atomic E-state index is 4.11. The molecule has 64 valence electrons. The van der Waals surface area contributed by atoms with Gasteiger partial charge in [0.05, 0.1) is 0 Å². The van der Waals surface area contributed by atoms with Crippen molar-refractivity contribution in [2.24, 2.45) is 5.92 Å². The van der Waals surface area contributed by atoms with Crippen molar-refractivity contribution in [1.82, 2.24) is 4.98 Å². The molecule has 1 saturated carbocycles. The summed E-state index contributed by atoms with van der Waals surface area (Å²) in [7, 11) is 0. The summed E-state index contributed by atoms with van der Waals surface area (Å²) < 4.78 is 1.21. The van der Waals surface area contributed by atoms with Crippen LogP contribution in [-0.4, -0.2) is 4.98 Å². The molecule has 12 heavy (non-hydrogen) atoms. The van der Waals surface area contributed by atoms with E-state index in [0.717, 1.165) is 5.92 Å². The maximum atomic E-state index is 4.11. The summed E-state index contributed by atoms with van der Waals surface area (Å²) >= 11 is 3.53. The monoisotopic (exact) mass is 225 g/mol. The quantitative estimate of drug-likeness (QED) is 0.771. The number of aryl methyl sites for hydroxylation is 1. The molecule has 0 atom stereocenters. The fourth-order valence-electron chi connectivity index (χ4n) is 1.36. The van der Waals surface area contributed by atoms with Crippen LogP contribution in [0.2, 0.25) is 0 Å². The molecular formula is C10H12BrN. The molecular weight excluding hydrogens is 214 g/mol. The number of hydrogen-bond acceptors (Lipinski definition) is 1. The SMILES string of the molecule is Brc1ccncc1CCC1CC1. The molecule has 0 aliphatic heterocycles. The van der Waals surface area contributed by atoms with E-state index in [1.54, 1.807) is 0 Å². The molecule has 0 radical (unpaired) electrons. The molecule has 0 amide bonds. The molecule has 1 fully saturated rings. The predicted octanol–water partition coefficient (Wildman–Crippen LogP) is 3.19. The second-order valence-electron chi connectivity index (χ2n) is 3.45. The standard InChI is InChI=1S/C10H12BrN/c11-10-5-6-12-7-9(10)4-3-8-1-2-8/h5-8H,1-4H2. The smallest absolute Gasteiger partial charge is 0.0311 e. The topological polar surface area (TPSA) is 12.9 Å². The number of rotatable bonds is 3. The molecule has 0 unspecified atom stereocenters. The minimum atomic E-state index is 1.01. The van der Waals surface area contributed by atoms with Crippen molar-refractivity contribution in [2.75, 3.05) is 0 Å². The number of pyridine rings is 1. The lowest BCUT2D eigenvalue weighted by atomic mass is 10.1. The van der Waals surface area contributed by atoms with Gasteiger partial charge in [0.1, 0.15) is 0 Å². The minimum absolute atomic E-state index is 1.01.